The van der Waals surface area contributed by atoms with Crippen LogP contribution in [-0.2, 0) is 11.2 Å². The lowest BCUT2D eigenvalue weighted by Gasteiger charge is -2.06. The standard InChI is InChI=1S/C10H16N4O2/c1-2-9-13-5-7(14-9)10(16)6(11)3-4-8(12)15/h5-6H,2-4,11H2,1H3,(H2,12,15)(H,13,14)/t6-/m0/s1. The lowest BCUT2D eigenvalue weighted by Crippen LogP contribution is -2.32. The number of aromatic amines is 1. The van der Waals surface area contributed by atoms with E-state index in [1.807, 2.05) is 6.92 Å². The summed E-state index contributed by atoms with van der Waals surface area (Å²) in [6.07, 6.45) is 2.62. The predicted octanol–water partition coefficient (Wildman–Crippen LogP) is -0.252. The lowest BCUT2D eigenvalue weighted by atomic mass is 10.1. The number of rotatable bonds is 6. The van der Waals surface area contributed by atoms with E-state index in [0.29, 0.717) is 5.69 Å². The van der Waals surface area contributed by atoms with Crippen LogP contribution in [0, 0.1) is 0 Å². The molecule has 0 bridgehead atoms. The van der Waals surface area contributed by atoms with Gasteiger partial charge < -0.3 is 16.5 Å². The van der Waals surface area contributed by atoms with Crippen molar-refractivity contribution in [3.63, 3.8) is 0 Å². The predicted molar refractivity (Wildman–Crippen MR) is 58.7 cm³/mol. The monoisotopic (exact) mass is 224 g/mol. The summed E-state index contributed by atoms with van der Waals surface area (Å²) in [5.74, 6) is 0.0159. The Morgan fingerprint density at radius 1 is 1.56 bits per heavy atom. The first-order chi connectivity index (χ1) is 7.54. The van der Waals surface area contributed by atoms with Crippen LogP contribution in [0.4, 0.5) is 0 Å². The van der Waals surface area contributed by atoms with Crippen molar-refractivity contribution in [3.05, 3.63) is 17.7 Å². The molecule has 1 atom stereocenters. The van der Waals surface area contributed by atoms with Crippen molar-refractivity contribution >= 4 is 11.7 Å². The first kappa shape index (κ1) is 12.4. The number of nitrogens with one attached hydrogen (secondary N) is 1. The Morgan fingerprint density at radius 3 is 2.75 bits per heavy atom. The number of H-pyrrole nitrogens is 1. The molecular formula is C10H16N4O2. The molecule has 1 aromatic heterocycles. The normalized spacial score (nSPS) is 12.4. The number of ketones is 1. The molecule has 0 radical (unpaired) electrons. The number of imidazole rings is 1. The summed E-state index contributed by atoms with van der Waals surface area (Å²) in [5.41, 5.74) is 10.9. The van der Waals surface area contributed by atoms with Crippen molar-refractivity contribution in [2.45, 2.75) is 32.2 Å². The minimum absolute atomic E-state index is 0.109. The van der Waals surface area contributed by atoms with Crippen molar-refractivity contribution in [2.75, 3.05) is 0 Å². The van der Waals surface area contributed by atoms with Gasteiger partial charge in [-0.25, -0.2) is 4.98 Å². The number of hydrogen-bond donors (Lipinski definition) is 3. The summed E-state index contributed by atoms with van der Waals surface area (Å²) in [6.45, 7) is 1.93. The largest absolute Gasteiger partial charge is 0.370 e. The Balaban J connectivity index is 2.59. The van der Waals surface area contributed by atoms with E-state index in [1.54, 1.807) is 0 Å². The first-order valence-corrected chi connectivity index (χ1v) is 5.17. The van der Waals surface area contributed by atoms with E-state index >= 15 is 0 Å². The minimum Gasteiger partial charge on any atom is -0.370 e. The summed E-state index contributed by atoms with van der Waals surface area (Å²) in [6, 6.07) is -0.722. The Kier molecular flexibility index (Phi) is 4.19. The number of aromatic nitrogens is 2. The van der Waals surface area contributed by atoms with Crippen LogP contribution in [0.5, 0.6) is 0 Å². The average Bonchev–Trinajstić information content (AvgIpc) is 2.73. The van der Waals surface area contributed by atoms with Crippen molar-refractivity contribution in [3.8, 4) is 0 Å². The molecule has 88 valence electrons. The number of Topliss-reactive ketones (excluding diaryl/α,β-unsaturated/α-hetero) is 1. The second-order valence-electron chi connectivity index (χ2n) is 3.56. The number of nitrogens with two attached hydrogens (primary N) is 2. The van der Waals surface area contributed by atoms with Gasteiger partial charge in [0.15, 0.2) is 5.78 Å². The van der Waals surface area contributed by atoms with Gasteiger partial charge >= 0.3 is 0 Å². The summed E-state index contributed by atoms with van der Waals surface area (Å²) in [4.78, 5) is 29.2. The third kappa shape index (κ3) is 3.16. The molecule has 1 aromatic rings. The fourth-order valence-electron chi connectivity index (χ4n) is 1.29. The molecular weight excluding hydrogens is 208 g/mol. The Labute approximate surface area is 93.4 Å². The van der Waals surface area contributed by atoms with Crippen LogP contribution in [0.1, 0.15) is 36.1 Å². The highest BCUT2D eigenvalue weighted by Gasteiger charge is 2.18. The fraction of sp³-hybridized carbons (Fsp3) is 0.500. The summed E-state index contributed by atoms with van der Waals surface area (Å²) in [7, 11) is 0. The molecule has 0 aromatic carbocycles. The van der Waals surface area contributed by atoms with E-state index in [2.05, 4.69) is 9.97 Å². The molecule has 0 aliphatic rings. The van der Waals surface area contributed by atoms with Gasteiger partial charge in [0.1, 0.15) is 11.5 Å². The molecule has 6 nitrogen and oxygen atoms in total. The van der Waals surface area contributed by atoms with Crippen LogP contribution < -0.4 is 11.5 Å². The quantitative estimate of drug-likeness (QED) is 0.578. The third-order valence-corrected chi connectivity index (χ3v) is 2.26. The SMILES string of the molecule is CCc1nc(C(=O)[C@@H](N)CCC(N)=O)c[nH]1. The van der Waals surface area contributed by atoms with Crippen LogP contribution in [0.25, 0.3) is 0 Å². The number of hydrogen-bond acceptors (Lipinski definition) is 4. The summed E-state index contributed by atoms with van der Waals surface area (Å²) < 4.78 is 0. The highest BCUT2D eigenvalue weighted by Crippen LogP contribution is 2.05. The molecule has 1 rings (SSSR count). The van der Waals surface area contributed by atoms with Gasteiger partial charge in [0.2, 0.25) is 5.91 Å². The number of nitrogens with zero attached hydrogens (tertiary/aromatic N) is 1. The van der Waals surface area contributed by atoms with E-state index in [0.717, 1.165) is 12.2 Å². The number of primary amides is 1. The maximum absolute atomic E-state index is 11.7. The molecule has 5 N–H and O–H groups in total. The molecule has 0 aliphatic heterocycles. The molecule has 0 spiro atoms. The maximum atomic E-state index is 11.7. The minimum atomic E-state index is -0.722. The zero-order valence-corrected chi connectivity index (χ0v) is 9.19. The maximum Gasteiger partial charge on any atom is 0.217 e. The third-order valence-electron chi connectivity index (χ3n) is 2.26. The van der Waals surface area contributed by atoms with Gasteiger partial charge in [-0.3, -0.25) is 9.59 Å². The van der Waals surface area contributed by atoms with Crippen molar-refractivity contribution < 1.29 is 9.59 Å². The molecule has 16 heavy (non-hydrogen) atoms. The smallest absolute Gasteiger partial charge is 0.217 e. The Hall–Kier alpha value is -1.69. The van der Waals surface area contributed by atoms with E-state index < -0.39 is 11.9 Å². The van der Waals surface area contributed by atoms with E-state index in [-0.39, 0.29) is 18.6 Å². The molecule has 0 saturated carbocycles. The van der Waals surface area contributed by atoms with Gasteiger partial charge in [0.05, 0.1) is 6.04 Å². The summed E-state index contributed by atoms with van der Waals surface area (Å²) in [5, 5.41) is 0. The Morgan fingerprint density at radius 2 is 2.25 bits per heavy atom. The van der Waals surface area contributed by atoms with Gasteiger partial charge in [0, 0.05) is 19.0 Å². The summed E-state index contributed by atoms with van der Waals surface area (Å²) >= 11 is 0. The van der Waals surface area contributed by atoms with Crippen molar-refractivity contribution in [1.29, 1.82) is 0 Å². The second-order valence-corrected chi connectivity index (χ2v) is 3.56. The van der Waals surface area contributed by atoms with E-state index in [1.165, 1.54) is 6.20 Å². The van der Waals surface area contributed by atoms with E-state index in [4.69, 9.17) is 11.5 Å². The molecule has 0 saturated heterocycles. The van der Waals surface area contributed by atoms with Gasteiger partial charge in [0.25, 0.3) is 0 Å². The fourth-order valence-corrected chi connectivity index (χ4v) is 1.29. The van der Waals surface area contributed by atoms with Crippen molar-refractivity contribution in [2.24, 2.45) is 11.5 Å². The molecule has 1 heterocycles. The lowest BCUT2D eigenvalue weighted by molar-refractivity contribution is -0.118. The topological polar surface area (TPSA) is 115 Å². The average molecular weight is 224 g/mol. The molecule has 0 aliphatic carbocycles. The molecule has 1 amide bonds. The number of carbonyl (C=O) groups excluding carboxylic acids is 2. The highest BCUT2D eigenvalue weighted by molar-refractivity contribution is 5.98. The van der Waals surface area contributed by atoms with Crippen LogP contribution in [0.3, 0.4) is 0 Å². The van der Waals surface area contributed by atoms with E-state index in [9.17, 15) is 9.59 Å². The second kappa shape index (κ2) is 5.41. The zero-order valence-electron chi connectivity index (χ0n) is 9.19. The van der Waals surface area contributed by atoms with Crippen LogP contribution >= 0.6 is 0 Å². The van der Waals surface area contributed by atoms with Gasteiger partial charge in [-0.1, -0.05) is 6.92 Å². The van der Waals surface area contributed by atoms with Crippen molar-refractivity contribution in [1.82, 2.24) is 9.97 Å². The van der Waals surface area contributed by atoms with Crippen LogP contribution in [-0.4, -0.2) is 27.7 Å². The van der Waals surface area contributed by atoms with Gasteiger partial charge in [-0.15, -0.1) is 0 Å². The molecule has 0 fully saturated rings. The Bertz CT molecular complexity index is 386. The van der Waals surface area contributed by atoms with Crippen LogP contribution in [0.2, 0.25) is 0 Å². The molecule has 6 heteroatoms. The number of amides is 1. The number of aryl methyl sites for hydroxylation is 1. The number of carbonyl (C=O) groups is 2. The van der Waals surface area contributed by atoms with Gasteiger partial charge in [-0.2, -0.15) is 0 Å². The highest BCUT2D eigenvalue weighted by atomic mass is 16.1. The zero-order chi connectivity index (χ0) is 12.1. The first-order valence-electron chi connectivity index (χ1n) is 5.17. The van der Waals surface area contributed by atoms with Crippen LogP contribution in [0.15, 0.2) is 6.20 Å². The molecule has 0 unspecified atom stereocenters. The van der Waals surface area contributed by atoms with Gasteiger partial charge in [-0.05, 0) is 6.42 Å².